The van der Waals surface area contributed by atoms with Crippen LogP contribution in [0.3, 0.4) is 0 Å². The summed E-state index contributed by atoms with van der Waals surface area (Å²) in [5, 5.41) is 7.87. The summed E-state index contributed by atoms with van der Waals surface area (Å²) in [7, 11) is 0. The van der Waals surface area contributed by atoms with Crippen molar-refractivity contribution in [1.82, 2.24) is 15.1 Å². The van der Waals surface area contributed by atoms with Crippen molar-refractivity contribution in [2.45, 2.75) is 32.9 Å². The Morgan fingerprint density at radius 3 is 2.80 bits per heavy atom. The minimum Gasteiger partial charge on any atom is -0.305 e. The van der Waals surface area contributed by atoms with E-state index in [9.17, 15) is 4.39 Å². The van der Waals surface area contributed by atoms with Crippen LogP contribution in [0.2, 0.25) is 0 Å². The molecular formula is C15H19FIN3. The van der Waals surface area contributed by atoms with E-state index < -0.39 is 0 Å². The lowest BCUT2D eigenvalue weighted by Gasteiger charge is -2.21. The zero-order chi connectivity index (χ0) is 14.5. The molecule has 1 N–H and O–H groups in total. The first-order valence-corrected chi connectivity index (χ1v) is 7.95. The fourth-order valence-electron chi connectivity index (χ4n) is 2.25. The molecule has 0 fully saturated rings. The minimum atomic E-state index is -0.198. The number of halogens is 2. The van der Waals surface area contributed by atoms with E-state index in [1.807, 2.05) is 23.0 Å². The molecule has 0 bridgehead atoms. The lowest BCUT2D eigenvalue weighted by Crippen LogP contribution is -2.26. The number of benzene rings is 1. The molecule has 0 spiro atoms. The third kappa shape index (κ3) is 3.38. The van der Waals surface area contributed by atoms with Gasteiger partial charge in [-0.05, 0) is 66.2 Å². The van der Waals surface area contributed by atoms with Gasteiger partial charge in [-0.3, -0.25) is 4.68 Å². The molecule has 3 nitrogen and oxygen atoms in total. The van der Waals surface area contributed by atoms with E-state index in [1.165, 1.54) is 6.07 Å². The minimum absolute atomic E-state index is 0.0462. The molecule has 5 heteroatoms. The molecule has 0 aliphatic carbocycles. The van der Waals surface area contributed by atoms with Crippen molar-refractivity contribution in [3.8, 4) is 0 Å². The summed E-state index contributed by atoms with van der Waals surface area (Å²) in [4.78, 5) is 0. The first-order chi connectivity index (χ1) is 9.67. The maximum Gasteiger partial charge on any atom is 0.124 e. The summed E-state index contributed by atoms with van der Waals surface area (Å²) in [6, 6.07) is 7.02. The van der Waals surface area contributed by atoms with E-state index in [2.05, 4.69) is 46.9 Å². The molecule has 0 amide bonds. The molecule has 2 rings (SSSR count). The van der Waals surface area contributed by atoms with Crippen LogP contribution in [0.25, 0.3) is 0 Å². The number of aryl methyl sites for hydroxylation is 1. The SMILES string of the molecule is CCCNC(c1ccc(F)cc1I)c1ccnn1CC. The number of hydrogen-bond acceptors (Lipinski definition) is 2. The van der Waals surface area contributed by atoms with Gasteiger partial charge in [-0.2, -0.15) is 5.10 Å². The van der Waals surface area contributed by atoms with Gasteiger partial charge >= 0.3 is 0 Å². The topological polar surface area (TPSA) is 29.9 Å². The van der Waals surface area contributed by atoms with Crippen LogP contribution >= 0.6 is 22.6 Å². The molecule has 0 radical (unpaired) electrons. The van der Waals surface area contributed by atoms with E-state index in [0.717, 1.165) is 34.3 Å². The second-order valence-corrected chi connectivity index (χ2v) is 5.79. The van der Waals surface area contributed by atoms with E-state index in [0.29, 0.717) is 0 Å². The fourth-order valence-corrected chi connectivity index (χ4v) is 3.04. The van der Waals surface area contributed by atoms with Crippen LogP contribution in [0.4, 0.5) is 4.39 Å². The van der Waals surface area contributed by atoms with Gasteiger partial charge in [0.2, 0.25) is 0 Å². The number of aromatic nitrogens is 2. The Bertz CT molecular complexity index is 568. The molecule has 1 atom stereocenters. The van der Waals surface area contributed by atoms with Gasteiger partial charge in [0, 0.05) is 16.3 Å². The van der Waals surface area contributed by atoms with Crippen molar-refractivity contribution in [2.24, 2.45) is 0 Å². The van der Waals surface area contributed by atoms with Crippen molar-refractivity contribution in [2.75, 3.05) is 6.54 Å². The number of rotatable bonds is 6. The normalized spacial score (nSPS) is 12.6. The van der Waals surface area contributed by atoms with Gasteiger partial charge in [-0.25, -0.2) is 4.39 Å². The van der Waals surface area contributed by atoms with Crippen molar-refractivity contribution < 1.29 is 4.39 Å². The van der Waals surface area contributed by atoms with Crippen LogP contribution in [0.15, 0.2) is 30.5 Å². The molecule has 0 saturated carbocycles. The highest BCUT2D eigenvalue weighted by atomic mass is 127. The molecule has 0 aliphatic heterocycles. The lowest BCUT2D eigenvalue weighted by molar-refractivity contribution is 0.527. The number of hydrogen-bond donors (Lipinski definition) is 1. The van der Waals surface area contributed by atoms with Crippen LogP contribution < -0.4 is 5.32 Å². The zero-order valence-corrected chi connectivity index (χ0v) is 13.9. The molecule has 1 heterocycles. The molecule has 1 unspecified atom stereocenters. The van der Waals surface area contributed by atoms with Crippen LogP contribution in [0.1, 0.15) is 37.6 Å². The maximum atomic E-state index is 13.3. The number of nitrogens with one attached hydrogen (secondary N) is 1. The van der Waals surface area contributed by atoms with E-state index >= 15 is 0 Å². The van der Waals surface area contributed by atoms with Gasteiger partial charge in [0.15, 0.2) is 0 Å². The molecule has 108 valence electrons. The van der Waals surface area contributed by atoms with Gasteiger partial charge in [0.05, 0.1) is 11.7 Å². The predicted molar refractivity (Wildman–Crippen MR) is 87.2 cm³/mol. The quantitative estimate of drug-likeness (QED) is 0.766. The lowest BCUT2D eigenvalue weighted by atomic mass is 10.0. The summed E-state index contributed by atoms with van der Waals surface area (Å²) >= 11 is 2.19. The van der Waals surface area contributed by atoms with Gasteiger partial charge < -0.3 is 5.32 Å². The second kappa shape index (κ2) is 7.17. The van der Waals surface area contributed by atoms with Crippen LogP contribution in [-0.2, 0) is 6.54 Å². The first-order valence-electron chi connectivity index (χ1n) is 6.87. The van der Waals surface area contributed by atoms with Crippen molar-refractivity contribution in [3.05, 3.63) is 51.1 Å². The van der Waals surface area contributed by atoms with Crippen molar-refractivity contribution in [3.63, 3.8) is 0 Å². The average Bonchev–Trinajstić information content (AvgIpc) is 2.89. The molecule has 0 aliphatic rings. The summed E-state index contributed by atoms with van der Waals surface area (Å²) < 4.78 is 16.2. The highest BCUT2D eigenvalue weighted by molar-refractivity contribution is 14.1. The fraction of sp³-hybridized carbons (Fsp3) is 0.400. The highest BCUT2D eigenvalue weighted by Gasteiger charge is 2.19. The largest absolute Gasteiger partial charge is 0.305 e. The molecule has 0 saturated heterocycles. The molecular weight excluding hydrogens is 368 g/mol. The average molecular weight is 387 g/mol. The maximum absolute atomic E-state index is 13.3. The Morgan fingerprint density at radius 1 is 1.35 bits per heavy atom. The Hall–Kier alpha value is -0.950. The monoisotopic (exact) mass is 387 g/mol. The summed E-state index contributed by atoms with van der Waals surface area (Å²) in [5.74, 6) is -0.198. The zero-order valence-electron chi connectivity index (χ0n) is 11.7. The van der Waals surface area contributed by atoms with Gasteiger partial charge in [0.1, 0.15) is 5.82 Å². The van der Waals surface area contributed by atoms with E-state index in [4.69, 9.17) is 0 Å². The predicted octanol–water partition coefficient (Wildman–Crippen LogP) is 3.74. The van der Waals surface area contributed by atoms with Crippen molar-refractivity contribution in [1.29, 1.82) is 0 Å². The summed E-state index contributed by atoms with van der Waals surface area (Å²) in [6.07, 6.45) is 2.87. The van der Waals surface area contributed by atoms with Crippen molar-refractivity contribution >= 4 is 22.6 Å². The Morgan fingerprint density at radius 2 is 2.15 bits per heavy atom. The molecule has 2 aromatic rings. The third-order valence-corrected chi connectivity index (χ3v) is 4.15. The molecule has 1 aromatic heterocycles. The highest BCUT2D eigenvalue weighted by Crippen LogP contribution is 2.27. The summed E-state index contributed by atoms with van der Waals surface area (Å²) in [5.41, 5.74) is 2.21. The molecule has 20 heavy (non-hydrogen) atoms. The van der Waals surface area contributed by atoms with Gasteiger partial charge in [-0.1, -0.05) is 13.0 Å². The van der Waals surface area contributed by atoms with Crippen LogP contribution in [-0.4, -0.2) is 16.3 Å². The van der Waals surface area contributed by atoms with Crippen LogP contribution in [0, 0.1) is 9.39 Å². The van der Waals surface area contributed by atoms with E-state index in [1.54, 1.807) is 6.07 Å². The number of nitrogens with zero attached hydrogens (tertiary/aromatic N) is 2. The Labute approximate surface area is 132 Å². The van der Waals surface area contributed by atoms with Crippen LogP contribution in [0.5, 0.6) is 0 Å². The second-order valence-electron chi connectivity index (χ2n) is 4.62. The van der Waals surface area contributed by atoms with Gasteiger partial charge in [-0.15, -0.1) is 0 Å². The molecule has 1 aromatic carbocycles. The van der Waals surface area contributed by atoms with Gasteiger partial charge in [0.25, 0.3) is 0 Å². The Balaban J connectivity index is 2.41. The third-order valence-electron chi connectivity index (χ3n) is 3.22. The van der Waals surface area contributed by atoms with E-state index in [-0.39, 0.29) is 11.9 Å². The Kier molecular flexibility index (Phi) is 5.54. The standard InChI is InChI=1S/C15H19FIN3/c1-3-8-18-15(14-7-9-19-20(14)4-2)12-6-5-11(16)10-13(12)17/h5-7,9-10,15,18H,3-4,8H2,1-2H3. The first kappa shape index (κ1) is 15.4. The summed E-state index contributed by atoms with van der Waals surface area (Å²) in [6.45, 7) is 5.94. The smallest absolute Gasteiger partial charge is 0.124 e.